The molecule has 2 unspecified atom stereocenters. The lowest BCUT2D eigenvalue weighted by molar-refractivity contribution is -0.132. The number of fused-ring (bicyclic) bond motifs is 4. The van der Waals surface area contributed by atoms with Gasteiger partial charge in [0.05, 0.1) is 0 Å². The van der Waals surface area contributed by atoms with Crippen LogP contribution in [-0.4, -0.2) is 33.8 Å². The van der Waals surface area contributed by atoms with Gasteiger partial charge in [-0.25, -0.2) is 15.0 Å². The zero-order valence-electron chi connectivity index (χ0n) is 14.2. The lowest BCUT2D eigenvalue weighted by atomic mass is 9.71. The van der Waals surface area contributed by atoms with Crippen LogP contribution in [0.4, 0.5) is 0 Å². The van der Waals surface area contributed by atoms with Gasteiger partial charge in [-0.05, 0) is 41.0 Å². The minimum absolute atomic E-state index is 0.0128. The van der Waals surface area contributed by atoms with Crippen LogP contribution in [0.2, 0.25) is 0 Å². The maximum Gasteiger partial charge on any atom is 0.262 e. The molecule has 0 radical (unpaired) electrons. The molecular formula is C19H19N5O. The Morgan fingerprint density at radius 1 is 1.24 bits per heavy atom. The summed E-state index contributed by atoms with van der Waals surface area (Å²) in [6.45, 7) is 2.25. The molecule has 6 heteroatoms. The Labute approximate surface area is 145 Å². The lowest BCUT2D eigenvalue weighted by Gasteiger charge is -2.35. The Bertz CT molecular complexity index is 940. The van der Waals surface area contributed by atoms with Crippen LogP contribution in [0.5, 0.6) is 0 Å². The summed E-state index contributed by atoms with van der Waals surface area (Å²) < 4.78 is 0. The van der Waals surface area contributed by atoms with E-state index in [1.165, 1.54) is 16.8 Å². The van der Waals surface area contributed by atoms with E-state index in [0.717, 1.165) is 29.5 Å². The van der Waals surface area contributed by atoms with Crippen LogP contribution in [0.1, 0.15) is 24.5 Å². The minimum atomic E-state index is -0.868. The molecule has 6 nitrogen and oxygen atoms in total. The van der Waals surface area contributed by atoms with Gasteiger partial charge in [0.25, 0.3) is 5.91 Å². The molecule has 1 spiro atoms. The molecule has 2 N–H and O–H groups in total. The predicted molar refractivity (Wildman–Crippen MR) is 93.5 cm³/mol. The highest BCUT2D eigenvalue weighted by atomic mass is 16.2. The van der Waals surface area contributed by atoms with Crippen molar-refractivity contribution >= 4 is 11.9 Å². The Morgan fingerprint density at radius 3 is 2.68 bits per heavy atom. The zero-order chi connectivity index (χ0) is 17.4. The minimum Gasteiger partial charge on any atom is -0.369 e. The average Bonchev–Trinajstić information content (AvgIpc) is 3.26. The molecule has 3 atom stereocenters. The quantitative estimate of drug-likeness (QED) is 0.861. The van der Waals surface area contributed by atoms with Crippen LogP contribution in [-0.2, 0) is 16.8 Å². The Morgan fingerprint density at radius 2 is 2.00 bits per heavy atom. The van der Waals surface area contributed by atoms with Crippen molar-refractivity contribution < 1.29 is 4.79 Å². The first kappa shape index (κ1) is 14.6. The first-order valence-electron chi connectivity index (χ1n) is 8.48. The van der Waals surface area contributed by atoms with Crippen LogP contribution in [0.25, 0.3) is 11.1 Å². The van der Waals surface area contributed by atoms with Crippen LogP contribution in [0.3, 0.4) is 0 Å². The van der Waals surface area contributed by atoms with E-state index < -0.39 is 5.54 Å². The summed E-state index contributed by atoms with van der Waals surface area (Å²) in [5.74, 6) is 0.507. The first-order valence-corrected chi connectivity index (χ1v) is 8.48. The molecule has 1 aliphatic heterocycles. The highest BCUT2D eigenvalue weighted by molar-refractivity contribution is 6.08. The maximum atomic E-state index is 13.2. The molecule has 2 aliphatic carbocycles. The number of hydrogen-bond donors (Lipinski definition) is 1. The molecule has 3 aliphatic rings. The lowest BCUT2D eigenvalue weighted by Crippen LogP contribution is -2.45. The van der Waals surface area contributed by atoms with Crippen LogP contribution < -0.4 is 5.73 Å². The van der Waals surface area contributed by atoms with Crippen LogP contribution in [0, 0.1) is 11.3 Å². The average molecular weight is 333 g/mol. The number of amides is 1. The summed E-state index contributed by atoms with van der Waals surface area (Å²) in [6.07, 6.45) is 7.06. The molecule has 126 valence electrons. The van der Waals surface area contributed by atoms with Crippen molar-refractivity contribution in [2.24, 2.45) is 22.1 Å². The van der Waals surface area contributed by atoms with Gasteiger partial charge in [0.1, 0.15) is 6.33 Å². The fraction of sp³-hybridized carbons (Fsp3) is 0.368. The zero-order valence-corrected chi connectivity index (χ0v) is 14.2. The molecule has 2 heterocycles. The number of benzene rings is 1. The number of carbonyl (C=O) groups excluding carboxylic acids is 1. The second kappa shape index (κ2) is 4.45. The molecule has 1 aromatic carbocycles. The van der Waals surface area contributed by atoms with Gasteiger partial charge >= 0.3 is 0 Å². The summed E-state index contributed by atoms with van der Waals surface area (Å²) in [4.78, 5) is 27.6. The van der Waals surface area contributed by atoms with Gasteiger partial charge in [-0.15, -0.1) is 0 Å². The molecule has 1 saturated carbocycles. The molecule has 1 aromatic heterocycles. The number of carbonyl (C=O) groups is 1. The number of aliphatic imine (C=N–C) groups is 1. The molecule has 0 bridgehead atoms. The van der Waals surface area contributed by atoms with Gasteiger partial charge in [0, 0.05) is 30.9 Å². The van der Waals surface area contributed by atoms with E-state index >= 15 is 0 Å². The van der Waals surface area contributed by atoms with Crippen LogP contribution >= 0.6 is 0 Å². The SMILES string of the molecule is CN1C(=O)C2(N=C1N)c1cc(-c3cncnc3)ccc1C[C@@]1(C)CC21. The fourth-order valence-electron chi connectivity index (χ4n) is 4.66. The number of hydrogen-bond acceptors (Lipinski definition) is 5. The van der Waals surface area contributed by atoms with Crippen molar-refractivity contribution in [3.8, 4) is 11.1 Å². The summed E-state index contributed by atoms with van der Waals surface area (Å²) in [6, 6.07) is 6.28. The summed E-state index contributed by atoms with van der Waals surface area (Å²) in [5.41, 5.74) is 9.42. The molecule has 1 amide bonds. The largest absolute Gasteiger partial charge is 0.369 e. The van der Waals surface area contributed by atoms with E-state index in [0.29, 0.717) is 5.96 Å². The van der Waals surface area contributed by atoms with E-state index in [-0.39, 0.29) is 17.2 Å². The van der Waals surface area contributed by atoms with Crippen molar-refractivity contribution in [3.05, 3.63) is 48.0 Å². The van der Waals surface area contributed by atoms with Crippen molar-refractivity contribution in [2.75, 3.05) is 7.05 Å². The van der Waals surface area contributed by atoms with Gasteiger partial charge in [0.15, 0.2) is 11.5 Å². The second-order valence-corrected chi connectivity index (χ2v) is 7.69. The normalized spacial score (nSPS) is 32.4. The second-order valence-electron chi connectivity index (χ2n) is 7.69. The molecule has 25 heavy (non-hydrogen) atoms. The Hall–Kier alpha value is -2.76. The standard InChI is InChI=1S/C19H19N5O/c1-18-6-12-4-3-11(13-8-21-10-22-9-13)5-14(12)19(15(18)7-18)16(25)24(2)17(20)23-19/h3-5,8-10,15H,6-7H2,1-2H3,(H2,20,23)/t15?,18-,19?/m0/s1. The van der Waals surface area contributed by atoms with Gasteiger partial charge < -0.3 is 5.73 Å². The number of likely N-dealkylation sites (N-methyl/N-ethyl adjacent to an activating group) is 1. The van der Waals surface area contributed by atoms with Gasteiger partial charge in [0.2, 0.25) is 0 Å². The third-order valence-corrected chi connectivity index (χ3v) is 6.13. The van der Waals surface area contributed by atoms with E-state index in [1.807, 2.05) is 0 Å². The molecular weight excluding hydrogens is 314 g/mol. The molecule has 1 fully saturated rings. The molecule has 2 aromatic rings. The van der Waals surface area contributed by atoms with Gasteiger partial charge in [-0.2, -0.15) is 0 Å². The first-order chi connectivity index (χ1) is 12.0. The summed E-state index contributed by atoms with van der Waals surface area (Å²) in [7, 11) is 1.71. The van der Waals surface area contributed by atoms with E-state index in [2.05, 4.69) is 35.1 Å². The molecule has 0 saturated heterocycles. The predicted octanol–water partition coefficient (Wildman–Crippen LogP) is 1.71. The number of guanidine groups is 1. The number of rotatable bonds is 1. The summed E-state index contributed by atoms with van der Waals surface area (Å²) >= 11 is 0. The number of aromatic nitrogens is 2. The van der Waals surface area contributed by atoms with E-state index in [9.17, 15) is 4.79 Å². The van der Waals surface area contributed by atoms with E-state index in [4.69, 9.17) is 10.7 Å². The van der Waals surface area contributed by atoms with E-state index in [1.54, 1.807) is 19.4 Å². The Kier molecular flexibility index (Phi) is 2.59. The van der Waals surface area contributed by atoms with Crippen molar-refractivity contribution in [3.63, 3.8) is 0 Å². The Balaban J connectivity index is 1.74. The van der Waals surface area contributed by atoms with Gasteiger partial charge in [-0.1, -0.05) is 19.1 Å². The third-order valence-electron chi connectivity index (χ3n) is 6.13. The van der Waals surface area contributed by atoms with Crippen molar-refractivity contribution in [1.82, 2.24) is 14.9 Å². The topological polar surface area (TPSA) is 84.5 Å². The fourth-order valence-corrected chi connectivity index (χ4v) is 4.66. The number of nitrogens with zero attached hydrogens (tertiary/aromatic N) is 4. The highest BCUT2D eigenvalue weighted by Crippen LogP contribution is 2.68. The van der Waals surface area contributed by atoms with Crippen molar-refractivity contribution in [2.45, 2.75) is 25.3 Å². The highest BCUT2D eigenvalue weighted by Gasteiger charge is 2.70. The third kappa shape index (κ3) is 1.74. The maximum absolute atomic E-state index is 13.2. The number of nitrogens with two attached hydrogens (primary N) is 1. The van der Waals surface area contributed by atoms with Crippen LogP contribution in [0.15, 0.2) is 41.9 Å². The summed E-state index contributed by atoms with van der Waals surface area (Å²) in [5, 5.41) is 0. The monoisotopic (exact) mass is 333 g/mol. The molecule has 5 rings (SSSR count). The smallest absolute Gasteiger partial charge is 0.262 e. The van der Waals surface area contributed by atoms with Crippen molar-refractivity contribution in [1.29, 1.82) is 0 Å². The van der Waals surface area contributed by atoms with Gasteiger partial charge in [-0.3, -0.25) is 9.69 Å².